The Labute approximate surface area is 103 Å². The minimum atomic E-state index is 0.108. The number of pyridine rings is 1. The fourth-order valence-corrected chi connectivity index (χ4v) is 2.09. The molecule has 0 aromatic carbocycles. The fraction of sp³-hybridized carbons (Fsp3) is 0.615. The first-order chi connectivity index (χ1) is 8.25. The number of nitrogens with zero attached hydrogens (tertiary/aromatic N) is 2. The molecule has 0 amide bonds. The summed E-state index contributed by atoms with van der Waals surface area (Å²) in [4.78, 5) is 6.55. The van der Waals surface area contributed by atoms with E-state index in [4.69, 9.17) is 10.5 Å². The van der Waals surface area contributed by atoms with E-state index in [0.29, 0.717) is 0 Å². The Morgan fingerprint density at radius 1 is 1.65 bits per heavy atom. The fourth-order valence-electron chi connectivity index (χ4n) is 2.09. The Morgan fingerprint density at radius 3 is 3.24 bits per heavy atom. The molecule has 2 rings (SSSR count). The second kappa shape index (κ2) is 6.10. The first-order valence-corrected chi connectivity index (χ1v) is 6.24. The van der Waals surface area contributed by atoms with Crippen LogP contribution in [0.25, 0.3) is 0 Å². The van der Waals surface area contributed by atoms with Crippen molar-refractivity contribution in [3.63, 3.8) is 0 Å². The second-order valence-corrected chi connectivity index (χ2v) is 4.68. The van der Waals surface area contributed by atoms with Crippen molar-refractivity contribution in [2.75, 3.05) is 26.2 Å². The van der Waals surface area contributed by atoms with E-state index in [1.54, 1.807) is 0 Å². The van der Waals surface area contributed by atoms with Gasteiger partial charge in [0, 0.05) is 38.1 Å². The van der Waals surface area contributed by atoms with Crippen molar-refractivity contribution in [2.24, 2.45) is 5.73 Å². The molecule has 94 valence electrons. The summed E-state index contributed by atoms with van der Waals surface area (Å²) in [6, 6.07) is 4.21. The third kappa shape index (κ3) is 3.77. The summed E-state index contributed by atoms with van der Waals surface area (Å²) in [6.07, 6.45) is 4.96. The molecule has 0 bridgehead atoms. The van der Waals surface area contributed by atoms with Gasteiger partial charge in [0.25, 0.3) is 0 Å². The predicted molar refractivity (Wildman–Crippen MR) is 67.8 cm³/mol. The molecule has 4 nitrogen and oxygen atoms in total. The Balaban J connectivity index is 1.79. The van der Waals surface area contributed by atoms with Gasteiger partial charge in [-0.2, -0.15) is 0 Å². The molecule has 1 aliphatic rings. The van der Waals surface area contributed by atoms with Crippen LogP contribution in [0.3, 0.4) is 0 Å². The van der Waals surface area contributed by atoms with Gasteiger partial charge >= 0.3 is 0 Å². The monoisotopic (exact) mass is 235 g/mol. The third-order valence-electron chi connectivity index (χ3n) is 3.20. The smallest absolute Gasteiger partial charge is 0.0850 e. The quantitative estimate of drug-likeness (QED) is 0.833. The topological polar surface area (TPSA) is 51.4 Å². The van der Waals surface area contributed by atoms with Crippen molar-refractivity contribution in [2.45, 2.75) is 25.5 Å². The average molecular weight is 235 g/mol. The van der Waals surface area contributed by atoms with Crippen LogP contribution in [-0.4, -0.2) is 48.3 Å². The van der Waals surface area contributed by atoms with E-state index in [1.807, 2.05) is 25.4 Å². The zero-order valence-corrected chi connectivity index (χ0v) is 10.4. The van der Waals surface area contributed by atoms with Gasteiger partial charge in [-0.25, -0.2) is 0 Å². The summed E-state index contributed by atoms with van der Waals surface area (Å²) in [5, 5.41) is 0. The summed E-state index contributed by atoms with van der Waals surface area (Å²) in [5.41, 5.74) is 7.16. The first kappa shape index (κ1) is 12.5. The normalized spacial score (nSPS) is 23.5. The Morgan fingerprint density at radius 2 is 2.53 bits per heavy atom. The second-order valence-electron chi connectivity index (χ2n) is 4.68. The van der Waals surface area contributed by atoms with E-state index >= 15 is 0 Å². The number of hydrogen-bond acceptors (Lipinski definition) is 4. The van der Waals surface area contributed by atoms with Gasteiger partial charge in [0.05, 0.1) is 12.7 Å². The van der Waals surface area contributed by atoms with Crippen molar-refractivity contribution in [1.82, 2.24) is 9.88 Å². The van der Waals surface area contributed by atoms with Gasteiger partial charge < -0.3 is 10.5 Å². The number of hydrogen-bond donors (Lipinski definition) is 1. The summed E-state index contributed by atoms with van der Waals surface area (Å²) < 4.78 is 5.64. The largest absolute Gasteiger partial charge is 0.374 e. The number of ether oxygens (including phenoxy) is 1. The summed E-state index contributed by atoms with van der Waals surface area (Å²) in [6.45, 7) is 5.80. The molecule has 2 atom stereocenters. The highest BCUT2D eigenvalue weighted by molar-refractivity contribution is 5.08. The summed E-state index contributed by atoms with van der Waals surface area (Å²) in [7, 11) is 0. The van der Waals surface area contributed by atoms with Crippen molar-refractivity contribution in [3.8, 4) is 0 Å². The molecule has 1 aliphatic heterocycles. The predicted octanol–water partition coefficient (Wildman–Crippen LogP) is 0.672. The SMILES string of the molecule is CC(N)C1CN(CCc2cccnc2)CCO1. The Hall–Kier alpha value is -0.970. The van der Waals surface area contributed by atoms with Crippen LogP contribution in [0.5, 0.6) is 0 Å². The maximum atomic E-state index is 5.87. The van der Waals surface area contributed by atoms with E-state index in [9.17, 15) is 0 Å². The van der Waals surface area contributed by atoms with Crippen LogP contribution >= 0.6 is 0 Å². The number of nitrogens with two attached hydrogens (primary N) is 1. The highest BCUT2D eigenvalue weighted by Gasteiger charge is 2.22. The van der Waals surface area contributed by atoms with Crippen molar-refractivity contribution in [3.05, 3.63) is 30.1 Å². The van der Waals surface area contributed by atoms with Gasteiger partial charge in [0.1, 0.15) is 0 Å². The molecule has 1 aromatic heterocycles. The number of rotatable bonds is 4. The van der Waals surface area contributed by atoms with E-state index in [0.717, 1.165) is 32.7 Å². The van der Waals surface area contributed by atoms with Gasteiger partial charge in [-0.1, -0.05) is 6.07 Å². The van der Waals surface area contributed by atoms with Gasteiger partial charge in [-0.05, 0) is 25.0 Å². The molecule has 1 aromatic rings. The molecule has 2 unspecified atom stereocenters. The number of aromatic nitrogens is 1. The molecule has 17 heavy (non-hydrogen) atoms. The third-order valence-corrected chi connectivity index (χ3v) is 3.20. The van der Waals surface area contributed by atoms with E-state index < -0.39 is 0 Å². The van der Waals surface area contributed by atoms with Crippen molar-refractivity contribution < 1.29 is 4.74 Å². The van der Waals surface area contributed by atoms with Crippen LogP contribution in [0.2, 0.25) is 0 Å². The molecule has 0 aliphatic carbocycles. The van der Waals surface area contributed by atoms with Crippen LogP contribution in [0.15, 0.2) is 24.5 Å². The molecule has 2 N–H and O–H groups in total. The molecule has 4 heteroatoms. The first-order valence-electron chi connectivity index (χ1n) is 6.24. The van der Waals surface area contributed by atoms with Crippen LogP contribution in [0.4, 0.5) is 0 Å². The Kier molecular flexibility index (Phi) is 4.48. The maximum Gasteiger partial charge on any atom is 0.0850 e. The van der Waals surface area contributed by atoms with E-state index in [-0.39, 0.29) is 12.1 Å². The maximum absolute atomic E-state index is 5.87. The van der Waals surface area contributed by atoms with Crippen molar-refractivity contribution in [1.29, 1.82) is 0 Å². The van der Waals surface area contributed by atoms with Gasteiger partial charge in [0.15, 0.2) is 0 Å². The van der Waals surface area contributed by atoms with Crippen LogP contribution in [0, 0.1) is 0 Å². The molecular formula is C13H21N3O. The average Bonchev–Trinajstić information content (AvgIpc) is 2.38. The zero-order chi connectivity index (χ0) is 12.1. The lowest BCUT2D eigenvalue weighted by Crippen LogP contribution is -2.49. The van der Waals surface area contributed by atoms with Crippen molar-refractivity contribution >= 4 is 0 Å². The van der Waals surface area contributed by atoms with Crippen LogP contribution in [0.1, 0.15) is 12.5 Å². The molecule has 1 saturated heterocycles. The minimum absolute atomic E-state index is 0.108. The molecule has 0 spiro atoms. The molecule has 2 heterocycles. The highest BCUT2D eigenvalue weighted by atomic mass is 16.5. The van der Waals surface area contributed by atoms with E-state index in [1.165, 1.54) is 5.56 Å². The van der Waals surface area contributed by atoms with E-state index in [2.05, 4.69) is 16.0 Å². The zero-order valence-electron chi connectivity index (χ0n) is 10.4. The number of morpholine rings is 1. The summed E-state index contributed by atoms with van der Waals surface area (Å²) >= 11 is 0. The lowest BCUT2D eigenvalue weighted by Gasteiger charge is -2.34. The lowest BCUT2D eigenvalue weighted by atomic mass is 10.1. The summed E-state index contributed by atoms with van der Waals surface area (Å²) in [5.74, 6) is 0. The van der Waals surface area contributed by atoms with Gasteiger partial charge in [0.2, 0.25) is 0 Å². The minimum Gasteiger partial charge on any atom is -0.374 e. The van der Waals surface area contributed by atoms with Gasteiger partial charge in [-0.15, -0.1) is 0 Å². The van der Waals surface area contributed by atoms with Crippen LogP contribution < -0.4 is 5.73 Å². The molecule has 0 saturated carbocycles. The molecular weight excluding hydrogens is 214 g/mol. The standard InChI is InChI=1S/C13H21N3O/c1-11(14)13-10-16(7-8-17-13)6-4-12-3-2-5-15-9-12/h2-3,5,9,11,13H,4,6-8,10,14H2,1H3. The lowest BCUT2D eigenvalue weighted by molar-refractivity contribution is -0.0371. The molecule has 0 radical (unpaired) electrons. The highest BCUT2D eigenvalue weighted by Crippen LogP contribution is 2.09. The van der Waals surface area contributed by atoms with Gasteiger partial charge in [-0.3, -0.25) is 9.88 Å². The molecule has 1 fully saturated rings. The van der Waals surface area contributed by atoms with Crippen LogP contribution in [-0.2, 0) is 11.2 Å². The Bertz CT molecular complexity index is 329.